The normalized spacial score (nSPS) is 18.7. The van der Waals surface area contributed by atoms with Crippen LogP contribution in [0.15, 0.2) is 18.3 Å². The molecule has 0 radical (unpaired) electrons. The van der Waals surface area contributed by atoms with E-state index in [1.165, 1.54) is 0 Å². The zero-order valence-corrected chi connectivity index (χ0v) is 12.4. The van der Waals surface area contributed by atoms with E-state index in [4.69, 9.17) is 11.6 Å². The van der Waals surface area contributed by atoms with Crippen molar-refractivity contribution >= 4 is 11.6 Å². The molecule has 0 unspecified atom stereocenters. The van der Waals surface area contributed by atoms with Crippen molar-refractivity contribution in [1.82, 2.24) is 14.8 Å². The van der Waals surface area contributed by atoms with Crippen molar-refractivity contribution in [2.75, 3.05) is 32.7 Å². The zero-order chi connectivity index (χ0) is 13.9. The van der Waals surface area contributed by atoms with Crippen LogP contribution in [0.4, 0.5) is 0 Å². The summed E-state index contributed by atoms with van der Waals surface area (Å²) in [5.74, 6) is 0. The molecule has 0 bridgehead atoms. The monoisotopic (exact) mass is 283 g/mol. The number of β-amino-alcohol motifs (C(OH)–C–C–N with tert-alkyl or cyclic N) is 1. The number of rotatable bonds is 4. The Kier molecular flexibility index (Phi) is 4.79. The number of hydrogen-bond donors (Lipinski definition) is 1. The standard InChI is InChI=1S/C14H22ClN3O/c1-14(2,19)11-18-8-6-17(7-9-18)10-12-4-3-5-16-13(12)15/h3-5,19H,6-11H2,1-2H3. The van der Waals surface area contributed by atoms with Gasteiger partial charge in [0.05, 0.1) is 5.60 Å². The number of hydrogen-bond acceptors (Lipinski definition) is 4. The summed E-state index contributed by atoms with van der Waals surface area (Å²) >= 11 is 6.08. The summed E-state index contributed by atoms with van der Waals surface area (Å²) in [5.41, 5.74) is 0.467. The fourth-order valence-corrected chi connectivity index (χ4v) is 2.61. The van der Waals surface area contributed by atoms with Crippen LogP contribution < -0.4 is 0 Å². The Bertz CT molecular complexity index is 411. The van der Waals surface area contributed by atoms with Crippen molar-refractivity contribution in [3.05, 3.63) is 29.0 Å². The first-order chi connectivity index (χ1) is 8.94. The highest BCUT2D eigenvalue weighted by atomic mass is 35.5. The summed E-state index contributed by atoms with van der Waals surface area (Å²) in [6, 6.07) is 3.95. The maximum Gasteiger partial charge on any atom is 0.133 e. The third kappa shape index (κ3) is 4.73. The molecule has 1 aromatic heterocycles. The first-order valence-corrected chi connectivity index (χ1v) is 7.08. The van der Waals surface area contributed by atoms with Crippen molar-refractivity contribution in [3.8, 4) is 0 Å². The highest BCUT2D eigenvalue weighted by Gasteiger charge is 2.22. The minimum Gasteiger partial charge on any atom is -0.389 e. The molecule has 2 rings (SSSR count). The second-order valence-electron chi connectivity index (χ2n) is 5.82. The van der Waals surface area contributed by atoms with Gasteiger partial charge in [-0.25, -0.2) is 4.98 Å². The number of aliphatic hydroxyl groups is 1. The van der Waals surface area contributed by atoms with E-state index < -0.39 is 5.60 Å². The fraction of sp³-hybridized carbons (Fsp3) is 0.643. The smallest absolute Gasteiger partial charge is 0.133 e. The zero-order valence-electron chi connectivity index (χ0n) is 11.6. The van der Waals surface area contributed by atoms with Crippen LogP contribution in [0.3, 0.4) is 0 Å². The number of aromatic nitrogens is 1. The molecule has 106 valence electrons. The largest absolute Gasteiger partial charge is 0.389 e. The Balaban J connectivity index is 1.82. The van der Waals surface area contributed by atoms with Crippen molar-refractivity contribution in [1.29, 1.82) is 0 Å². The highest BCUT2D eigenvalue weighted by Crippen LogP contribution is 2.16. The second kappa shape index (κ2) is 6.18. The summed E-state index contributed by atoms with van der Waals surface area (Å²) < 4.78 is 0. The van der Waals surface area contributed by atoms with Gasteiger partial charge in [-0.2, -0.15) is 0 Å². The van der Waals surface area contributed by atoms with Gasteiger partial charge in [-0.1, -0.05) is 17.7 Å². The molecule has 1 aliphatic rings. The Morgan fingerprint density at radius 2 is 1.89 bits per heavy atom. The number of halogens is 1. The second-order valence-corrected chi connectivity index (χ2v) is 6.18. The topological polar surface area (TPSA) is 39.6 Å². The molecule has 2 heterocycles. The van der Waals surface area contributed by atoms with Gasteiger partial charge in [0.1, 0.15) is 5.15 Å². The van der Waals surface area contributed by atoms with E-state index in [-0.39, 0.29) is 0 Å². The molecule has 0 aliphatic carbocycles. The molecular formula is C14H22ClN3O. The predicted molar refractivity (Wildman–Crippen MR) is 77.3 cm³/mol. The third-order valence-electron chi connectivity index (χ3n) is 3.31. The van der Waals surface area contributed by atoms with E-state index >= 15 is 0 Å². The first kappa shape index (κ1) is 14.7. The molecule has 1 N–H and O–H groups in total. The van der Waals surface area contributed by atoms with Crippen molar-refractivity contribution in [2.24, 2.45) is 0 Å². The SMILES string of the molecule is CC(C)(O)CN1CCN(Cc2cccnc2Cl)CC1. The summed E-state index contributed by atoms with van der Waals surface area (Å²) in [6.07, 6.45) is 1.72. The maximum atomic E-state index is 9.83. The van der Waals surface area contributed by atoms with Crippen LogP contribution in [-0.4, -0.2) is 58.2 Å². The van der Waals surface area contributed by atoms with Gasteiger partial charge in [-0.05, 0) is 19.9 Å². The minimum atomic E-state index is -0.616. The average molecular weight is 284 g/mol. The van der Waals surface area contributed by atoms with Gasteiger partial charge in [0.15, 0.2) is 0 Å². The number of piperazine rings is 1. The van der Waals surface area contributed by atoms with Crippen LogP contribution in [0.1, 0.15) is 19.4 Å². The lowest BCUT2D eigenvalue weighted by Gasteiger charge is -2.37. The Morgan fingerprint density at radius 3 is 2.47 bits per heavy atom. The lowest BCUT2D eigenvalue weighted by molar-refractivity contribution is 0.0167. The maximum absolute atomic E-state index is 9.83. The van der Waals surface area contributed by atoms with Crippen LogP contribution in [0.5, 0.6) is 0 Å². The molecule has 1 aromatic rings. The quantitative estimate of drug-likeness (QED) is 0.853. The van der Waals surface area contributed by atoms with E-state index in [1.807, 2.05) is 26.0 Å². The molecule has 0 saturated carbocycles. The van der Waals surface area contributed by atoms with Crippen LogP contribution >= 0.6 is 11.6 Å². The minimum absolute atomic E-state index is 0.599. The van der Waals surface area contributed by atoms with Crippen LogP contribution in [-0.2, 0) is 6.54 Å². The van der Waals surface area contributed by atoms with E-state index in [1.54, 1.807) is 6.20 Å². The van der Waals surface area contributed by atoms with E-state index in [0.29, 0.717) is 5.15 Å². The van der Waals surface area contributed by atoms with Crippen molar-refractivity contribution in [3.63, 3.8) is 0 Å². The number of pyridine rings is 1. The molecule has 4 nitrogen and oxygen atoms in total. The van der Waals surface area contributed by atoms with Crippen LogP contribution in [0.25, 0.3) is 0 Å². The summed E-state index contributed by atoms with van der Waals surface area (Å²) in [4.78, 5) is 8.79. The first-order valence-electron chi connectivity index (χ1n) is 6.70. The van der Waals surface area contributed by atoms with Gasteiger partial charge in [0, 0.05) is 51.0 Å². The Labute approximate surface area is 120 Å². The van der Waals surface area contributed by atoms with Gasteiger partial charge < -0.3 is 5.11 Å². The fourth-order valence-electron chi connectivity index (χ4n) is 2.43. The van der Waals surface area contributed by atoms with Crippen molar-refractivity contribution in [2.45, 2.75) is 26.0 Å². The molecule has 0 aromatic carbocycles. The lowest BCUT2D eigenvalue weighted by Crippen LogP contribution is -2.50. The van der Waals surface area contributed by atoms with Gasteiger partial charge in [-0.3, -0.25) is 9.80 Å². The van der Waals surface area contributed by atoms with Gasteiger partial charge >= 0.3 is 0 Å². The summed E-state index contributed by atoms with van der Waals surface area (Å²) in [5, 5.41) is 10.4. The molecule has 0 amide bonds. The Morgan fingerprint density at radius 1 is 1.26 bits per heavy atom. The predicted octanol–water partition coefficient (Wildman–Crippen LogP) is 1.62. The third-order valence-corrected chi connectivity index (χ3v) is 3.65. The van der Waals surface area contributed by atoms with Crippen LogP contribution in [0.2, 0.25) is 5.15 Å². The molecule has 19 heavy (non-hydrogen) atoms. The molecule has 1 aliphatic heterocycles. The number of nitrogens with zero attached hydrogens (tertiary/aromatic N) is 3. The molecule has 0 spiro atoms. The van der Waals surface area contributed by atoms with E-state index in [2.05, 4.69) is 14.8 Å². The van der Waals surface area contributed by atoms with Gasteiger partial charge in [-0.15, -0.1) is 0 Å². The van der Waals surface area contributed by atoms with Crippen LogP contribution in [0, 0.1) is 0 Å². The van der Waals surface area contributed by atoms with Gasteiger partial charge in [0.2, 0.25) is 0 Å². The molecule has 0 atom stereocenters. The van der Waals surface area contributed by atoms with Gasteiger partial charge in [0.25, 0.3) is 0 Å². The summed E-state index contributed by atoms with van der Waals surface area (Å²) in [7, 11) is 0. The molecular weight excluding hydrogens is 262 g/mol. The molecule has 1 fully saturated rings. The lowest BCUT2D eigenvalue weighted by atomic mass is 10.1. The Hall–Kier alpha value is -0.680. The van der Waals surface area contributed by atoms with E-state index in [9.17, 15) is 5.11 Å². The highest BCUT2D eigenvalue weighted by molar-refractivity contribution is 6.30. The van der Waals surface area contributed by atoms with Crippen molar-refractivity contribution < 1.29 is 5.11 Å². The summed E-state index contributed by atoms with van der Waals surface area (Å²) in [6.45, 7) is 9.27. The average Bonchev–Trinajstić information content (AvgIpc) is 2.33. The molecule has 5 heteroatoms. The molecule has 1 saturated heterocycles. The van der Waals surface area contributed by atoms with E-state index in [0.717, 1.165) is 44.8 Å².